The van der Waals surface area contributed by atoms with Crippen LogP contribution >= 0.6 is 0 Å². The van der Waals surface area contributed by atoms with Gasteiger partial charge in [-0.2, -0.15) is 5.10 Å². The number of rotatable bonds is 7. The number of hydrogen-bond acceptors (Lipinski definition) is 3. The lowest BCUT2D eigenvalue weighted by Crippen LogP contribution is -2.49. The Kier molecular flexibility index (Phi) is 6.46. The van der Waals surface area contributed by atoms with Gasteiger partial charge in [-0.25, -0.2) is 4.79 Å². The Morgan fingerprint density at radius 3 is 2.22 bits per heavy atom. The number of amides is 3. The molecule has 1 atom stereocenters. The van der Waals surface area contributed by atoms with Crippen molar-refractivity contribution < 1.29 is 9.59 Å². The van der Waals surface area contributed by atoms with Crippen LogP contribution in [0.15, 0.2) is 84.9 Å². The second-order valence-electron chi connectivity index (χ2n) is 7.53. The van der Waals surface area contributed by atoms with Gasteiger partial charge in [0.15, 0.2) is 5.82 Å². The third kappa shape index (κ3) is 5.13. The smallest absolute Gasteiger partial charge is 0.321 e. The van der Waals surface area contributed by atoms with Gasteiger partial charge in [0.2, 0.25) is 5.91 Å². The third-order valence-electron chi connectivity index (χ3n) is 5.20. The molecule has 0 aliphatic rings. The molecule has 3 N–H and O–H groups in total. The summed E-state index contributed by atoms with van der Waals surface area (Å²) in [5.41, 5.74) is 2.85. The van der Waals surface area contributed by atoms with Gasteiger partial charge in [-0.1, -0.05) is 72.8 Å². The number of carbonyl (C=O) groups is 2. The molecule has 0 spiro atoms. The van der Waals surface area contributed by atoms with E-state index in [0.29, 0.717) is 18.8 Å². The van der Waals surface area contributed by atoms with Crippen LogP contribution in [0.4, 0.5) is 10.6 Å². The molecule has 0 aliphatic heterocycles. The highest BCUT2D eigenvalue weighted by atomic mass is 16.2. The molecule has 1 heterocycles. The van der Waals surface area contributed by atoms with Gasteiger partial charge in [-0.15, -0.1) is 0 Å². The zero-order valence-electron chi connectivity index (χ0n) is 17.8. The van der Waals surface area contributed by atoms with Crippen molar-refractivity contribution in [1.29, 1.82) is 0 Å². The fourth-order valence-electron chi connectivity index (χ4n) is 3.58. The van der Waals surface area contributed by atoms with Gasteiger partial charge < -0.3 is 10.6 Å². The van der Waals surface area contributed by atoms with Crippen molar-refractivity contribution in [3.63, 3.8) is 0 Å². The van der Waals surface area contributed by atoms with E-state index in [2.05, 4.69) is 21.0 Å². The van der Waals surface area contributed by atoms with Crippen LogP contribution in [0.25, 0.3) is 10.9 Å². The topological polar surface area (TPSA) is 88.1 Å². The second kappa shape index (κ2) is 9.78. The minimum atomic E-state index is -0.740. The summed E-state index contributed by atoms with van der Waals surface area (Å²) in [4.78, 5) is 25.7. The highest BCUT2D eigenvalue weighted by Gasteiger charge is 2.22. The lowest BCUT2D eigenvalue weighted by Gasteiger charge is -2.19. The number of fused-ring (bicyclic) bond motifs is 1. The molecule has 3 amide bonds. The maximum Gasteiger partial charge on any atom is 0.321 e. The zero-order valence-corrected chi connectivity index (χ0v) is 17.8. The Bertz CT molecular complexity index is 1200. The summed E-state index contributed by atoms with van der Waals surface area (Å²) in [6.45, 7) is 0.388. The maximum atomic E-state index is 13.0. The van der Waals surface area contributed by atoms with E-state index in [4.69, 9.17) is 0 Å². The number of benzene rings is 3. The standard InChI is InChI=1S/C25H25N5O2/c1-30-22-15-9-8-14-20(22)23(29-30)28-25(32)27-21(16-18-10-4-2-5-11-18)24(31)26-17-19-12-6-3-7-13-19/h2-15,21H,16-17H2,1H3,(H,26,31)(H2,27,28,29,32). The number of aryl methyl sites for hydroxylation is 1. The maximum absolute atomic E-state index is 13.0. The van der Waals surface area contributed by atoms with Crippen molar-refractivity contribution in [3.8, 4) is 0 Å². The summed E-state index contributed by atoms with van der Waals surface area (Å²) >= 11 is 0. The van der Waals surface area contributed by atoms with Gasteiger partial charge >= 0.3 is 6.03 Å². The Labute approximate surface area is 186 Å². The lowest BCUT2D eigenvalue weighted by molar-refractivity contribution is -0.123. The molecule has 0 aliphatic carbocycles. The minimum absolute atomic E-state index is 0.251. The predicted octanol–water partition coefficient (Wildman–Crippen LogP) is 3.62. The SMILES string of the molecule is Cn1nc(NC(=O)NC(Cc2ccccc2)C(=O)NCc2ccccc2)c2ccccc21. The molecule has 1 aromatic heterocycles. The summed E-state index contributed by atoms with van der Waals surface area (Å²) in [5, 5.41) is 13.7. The van der Waals surface area contributed by atoms with E-state index in [1.807, 2.05) is 92.0 Å². The molecule has 3 aromatic carbocycles. The van der Waals surface area contributed by atoms with Crippen LogP contribution in [-0.4, -0.2) is 27.8 Å². The molecule has 7 heteroatoms. The van der Waals surface area contributed by atoms with E-state index in [9.17, 15) is 9.59 Å². The van der Waals surface area contributed by atoms with Crippen molar-refractivity contribution in [2.24, 2.45) is 7.05 Å². The van der Waals surface area contributed by atoms with Crippen LogP contribution in [0.2, 0.25) is 0 Å². The summed E-state index contributed by atoms with van der Waals surface area (Å²) in [5.74, 6) is 0.197. The molecule has 32 heavy (non-hydrogen) atoms. The van der Waals surface area contributed by atoms with Gasteiger partial charge in [-0.05, 0) is 23.3 Å². The summed E-state index contributed by atoms with van der Waals surface area (Å²) in [7, 11) is 1.82. The lowest BCUT2D eigenvalue weighted by atomic mass is 10.1. The second-order valence-corrected chi connectivity index (χ2v) is 7.53. The van der Waals surface area contributed by atoms with E-state index in [1.54, 1.807) is 4.68 Å². The van der Waals surface area contributed by atoms with Crippen LogP contribution in [0.5, 0.6) is 0 Å². The Morgan fingerprint density at radius 1 is 0.875 bits per heavy atom. The summed E-state index contributed by atoms with van der Waals surface area (Å²) in [6.07, 6.45) is 0.373. The molecule has 162 valence electrons. The van der Waals surface area contributed by atoms with Crippen LogP contribution in [0, 0.1) is 0 Å². The number of urea groups is 1. The fourth-order valence-corrected chi connectivity index (χ4v) is 3.58. The van der Waals surface area contributed by atoms with E-state index >= 15 is 0 Å². The molecule has 0 radical (unpaired) electrons. The molecule has 4 aromatic rings. The molecule has 0 fully saturated rings. The predicted molar refractivity (Wildman–Crippen MR) is 125 cm³/mol. The van der Waals surface area contributed by atoms with Crippen LogP contribution < -0.4 is 16.0 Å². The van der Waals surface area contributed by atoms with Crippen molar-refractivity contribution in [1.82, 2.24) is 20.4 Å². The summed E-state index contributed by atoms with van der Waals surface area (Å²) in [6, 6.07) is 25.7. The minimum Gasteiger partial charge on any atom is -0.350 e. The molecular weight excluding hydrogens is 402 g/mol. The number of hydrogen-bond donors (Lipinski definition) is 3. The van der Waals surface area contributed by atoms with Crippen LogP contribution in [0.3, 0.4) is 0 Å². The Morgan fingerprint density at radius 2 is 1.50 bits per heavy atom. The fraction of sp³-hybridized carbons (Fsp3) is 0.160. The third-order valence-corrected chi connectivity index (χ3v) is 5.20. The first kappa shape index (κ1) is 21.1. The summed E-state index contributed by atoms with van der Waals surface area (Å²) < 4.78 is 1.71. The van der Waals surface area contributed by atoms with Gasteiger partial charge in [0.1, 0.15) is 6.04 Å². The van der Waals surface area contributed by atoms with Crippen molar-refractivity contribution in [3.05, 3.63) is 96.1 Å². The highest BCUT2D eigenvalue weighted by molar-refractivity contribution is 6.00. The molecule has 0 bridgehead atoms. The van der Waals surface area contributed by atoms with Gasteiger partial charge in [-0.3, -0.25) is 14.8 Å². The van der Waals surface area contributed by atoms with Crippen molar-refractivity contribution >= 4 is 28.7 Å². The first-order valence-corrected chi connectivity index (χ1v) is 10.4. The number of para-hydroxylation sites is 1. The Balaban J connectivity index is 1.47. The first-order chi connectivity index (χ1) is 15.6. The quantitative estimate of drug-likeness (QED) is 0.421. The highest BCUT2D eigenvalue weighted by Crippen LogP contribution is 2.21. The molecule has 7 nitrogen and oxygen atoms in total. The van der Waals surface area contributed by atoms with E-state index in [1.165, 1.54) is 0 Å². The number of anilines is 1. The normalized spacial score (nSPS) is 11.7. The largest absolute Gasteiger partial charge is 0.350 e. The molecule has 1 unspecified atom stereocenters. The zero-order chi connectivity index (χ0) is 22.3. The number of nitrogens with one attached hydrogen (secondary N) is 3. The first-order valence-electron chi connectivity index (χ1n) is 10.4. The van der Waals surface area contributed by atoms with E-state index in [-0.39, 0.29) is 5.91 Å². The monoisotopic (exact) mass is 427 g/mol. The number of aromatic nitrogens is 2. The van der Waals surface area contributed by atoms with Gasteiger partial charge in [0.25, 0.3) is 0 Å². The number of carbonyl (C=O) groups excluding carboxylic acids is 2. The van der Waals surface area contributed by atoms with Gasteiger partial charge in [0.05, 0.1) is 5.52 Å². The van der Waals surface area contributed by atoms with E-state index in [0.717, 1.165) is 22.0 Å². The van der Waals surface area contributed by atoms with Gasteiger partial charge in [0, 0.05) is 25.4 Å². The number of nitrogens with zero attached hydrogens (tertiary/aromatic N) is 2. The van der Waals surface area contributed by atoms with Crippen molar-refractivity contribution in [2.75, 3.05) is 5.32 Å². The average Bonchev–Trinajstić information content (AvgIpc) is 3.13. The molecule has 0 saturated heterocycles. The molecular formula is C25H25N5O2. The average molecular weight is 428 g/mol. The Hall–Kier alpha value is -4.13. The van der Waals surface area contributed by atoms with Crippen LogP contribution in [0.1, 0.15) is 11.1 Å². The van der Waals surface area contributed by atoms with Crippen LogP contribution in [-0.2, 0) is 24.8 Å². The van der Waals surface area contributed by atoms with Crippen molar-refractivity contribution in [2.45, 2.75) is 19.0 Å². The molecule has 0 saturated carbocycles. The van der Waals surface area contributed by atoms with E-state index < -0.39 is 12.1 Å². The molecule has 4 rings (SSSR count).